The van der Waals surface area contributed by atoms with E-state index < -0.39 is 5.69 Å². The Hall–Kier alpha value is -3.22. The molecular weight excluding hydrogens is 330 g/mol. The highest BCUT2D eigenvalue weighted by atomic mass is 16.2. The van der Waals surface area contributed by atoms with Gasteiger partial charge in [0, 0.05) is 0 Å². The fourth-order valence-corrected chi connectivity index (χ4v) is 2.78. The molecule has 1 aromatic heterocycles. The molecule has 7 heteroatoms. The summed E-state index contributed by atoms with van der Waals surface area (Å²) in [5.41, 5.74) is 1.21. The third kappa shape index (κ3) is 4.05. The maximum absolute atomic E-state index is 12.4. The van der Waals surface area contributed by atoms with E-state index in [2.05, 4.69) is 22.7 Å². The molecular formula is C19H21N5O2. The monoisotopic (exact) mass is 351 g/mol. The maximum atomic E-state index is 12.4. The van der Waals surface area contributed by atoms with Gasteiger partial charge < -0.3 is 5.32 Å². The van der Waals surface area contributed by atoms with Gasteiger partial charge in [-0.25, -0.2) is 4.79 Å². The minimum atomic E-state index is -0.446. The number of hydrogen-bond acceptors (Lipinski definition) is 4. The lowest BCUT2D eigenvalue weighted by Gasteiger charge is -2.18. The molecule has 0 fully saturated rings. The Morgan fingerprint density at radius 3 is 2.35 bits per heavy atom. The fraction of sp³-hybridized carbons (Fsp3) is 0.263. The second kappa shape index (κ2) is 8.24. The molecule has 26 heavy (non-hydrogen) atoms. The van der Waals surface area contributed by atoms with E-state index in [0.717, 1.165) is 23.1 Å². The molecule has 3 aromatic rings. The number of amides is 1. The molecule has 0 aliphatic rings. The number of nitrogens with zero attached hydrogens (tertiary/aromatic N) is 4. The zero-order valence-corrected chi connectivity index (χ0v) is 14.6. The lowest BCUT2D eigenvalue weighted by atomic mass is 10.0. The molecule has 0 saturated carbocycles. The number of benzene rings is 2. The highest BCUT2D eigenvalue weighted by molar-refractivity contribution is 5.76. The number of carbonyl (C=O) groups is 1. The first-order valence-corrected chi connectivity index (χ1v) is 8.61. The van der Waals surface area contributed by atoms with Gasteiger partial charge in [0.1, 0.15) is 6.54 Å². The molecule has 0 aliphatic heterocycles. The molecule has 0 unspecified atom stereocenters. The SMILES string of the molecule is CCC[C@H](NC(=O)Cn1nnn(-c2ccccc2)c1=O)c1ccccc1. The van der Waals surface area contributed by atoms with Crippen LogP contribution in [0.3, 0.4) is 0 Å². The van der Waals surface area contributed by atoms with E-state index in [9.17, 15) is 9.59 Å². The molecule has 1 N–H and O–H groups in total. The van der Waals surface area contributed by atoms with E-state index >= 15 is 0 Å². The van der Waals surface area contributed by atoms with E-state index in [1.54, 1.807) is 12.1 Å². The molecule has 0 spiro atoms. The Labute approximate surface area is 151 Å². The number of nitrogens with one attached hydrogen (secondary N) is 1. The number of hydrogen-bond donors (Lipinski definition) is 1. The summed E-state index contributed by atoms with van der Waals surface area (Å²) in [6.45, 7) is 1.90. The first-order chi connectivity index (χ1) is 12.7. The zero-order valence-electron chi connectivity index (χ0n) is 14.6. The summed E-state index contributed by atoms with van der Waals surface area (Å²) in [5.74, 6) is -0.269. The topological polar surface area (TPSA) is 81.8 Å². The molecule has 1 amide bonds. The van der Waals surface area contributed by atoms with Crippen LogP contribution in [-0.4, -0.2) is 25.7 Å². The van der Waals surface area contributed by atoms with Gasteiger partial charge in [0.2, 0.25) is 5.91 Å². The van der Waals surface area contributed by atoms with Crippen LogP contribution in [-0.2, 0) is 11.3 Å². The van der Waals surface area contributed by atoms with Gasteiger partial charge >= 0.3 is 5.69 Å². The van der Waals surface area contributed by atoms with Gasteiger partial charge in [-0.1, -0.05) is 61.9 Å². The van der Waals surface area contributed by atoms with Crippen LogP contribution >= 0.6 is 0 Å². The number of tetrazole rings is 1. The van der Waals surface area contributed by atoms with Crippen molar-refractivity contribution in [3.05, 3.63) is 76.7 Å². The smallest absolute Gasteiger partial charge is 0.348 e. The molecule has 7 nitrogen and oxygen atoms in total. The minimum Gasteiger partial charge on any atom is -0.348 e. The van der Waals surface area contributed by atoms with Crippen molar-refractivity contribution in [2.24, 2.45) is 0 Å². The number of carbonyl (C=O) groups excluding carboxylic acids is 1. The second-order valence-corrected chi connectivity index (χ2v) is 5.99. The van der Waals surface area contributed by atoms with Crippen molar-refractivity contribution in [2.45, 2.75) is 32.4 Å². The maximum Gasteiger partial charge on any atom is 0.368 e. The van der Waals surface area contributed by atoms with Crippen molar-refractivity contribution in [1.29, 1.82) is 0 Å². The molecule has 2 aromatic carbocycles. The van der Waals surface area contributed by atoms with Gasteiger partial charge in [-0.15, -0.1) is 0 Å². The molecule has 0 bridgehead atoms. The average Bonchev–Trinajstić information content (AvgIpc) is 3.03. The lowest BCUT2D eigenvalue weighted by Crippen LogP contribution is -2.35. The standard InChI is InChI=1S/C19H21N5O2/c1-2-9-17(15-10-5-3-6-11-15)20-18(25)14-23-19(26)24(22-21-23)16-12-7-4-8-13-16/h3-8,10-13,17H,2,9,14H2,1H3,(H,20,25)/t17-/m0/s1. The predicted octanol–water partition coefficient (Wildman–Crippen LogP) is 2.09. The van der Waals surface area contributed by atoms with Crippen molar-refractivity contribution in [3.8, 4) is 5.69 Å². The third-order valence-corrected chi connectivity index (χ3v) is 4.05. The predicted molar refractivity (Wildman–Crippen MR) is 97.9 cm³/mol. The third-order valence-electron chi connectivity index (χ3n) is 4.05. The molecule has 1 heterocycles. The summed E-state index contributed by atoms with van der Waals surface area (Å²) in [5, 5.41) is 10.6. The van der Waals surface area contributed by atoms with E-state index in [1.807, 2.05) is 48.5 Å². The lowest BCUT2D eigenvalue weighted by molar-refractivity contribution is -0.122. The Balaban J connectivity index is 1.72. The van der Waals surface area contributed by atoms with Gasteiger partial charge in [0.15, 0.2) is 0 Å². The Kier molecular flexibility index (Phi) is 5.58. The van der Waals surface area contributed by atoms with E-state index in [1.165, 1.54) is 4.68 Å². The largest absolute Gasteiger partial charge is 0.368 e. The van der Waals surface area contributed by atoms with Crippen molar-refractivity contribution < 1.29 is 4.79 Å². The van der Waals surface area contributed by atoms with E-state index in [4.69, 9.17) is 0 Å². The Morgan fingerprint density at radius 2 is 1.69 bits per heavy atom. The summed E-state index contributed by atoms with van der Waals surface area (Å²) < 4.78 is 2.24. The van der Waals surface area contributed by atoms with Crippen LogP contribution in [0.15, 0.2) is 65.5 Å². The van der Waals surface area contributed by atoms with Crippen LogP contribution in [0, 0.1) is 0 Å². The van der Waals surface area contributed by atoms with Crippen LogP contribution in [0.4, 0.5) is 0 Å². The van der Waals surface area contributed by atoms with Gasteiger partial charge in [-0.3, -0.25) is 4.79 Å². The van der Waals surface area contributed by atoms with Gasteiger partial charge in [-0.05, 0) is 34.5 Å². The highest BCUT2D eigenvalue weighted by Gasteiger charge is 2.16. The van der Waals surface area contributed by atoms with Crippen LogP contribution in [0.25, 0.3) is 5.69 Å². The fourth-order valence-electron chi connectivity index (χ4n) is 2.78. The molecule has 3 rings (SSSR count). The number of aromatic nitrogens is 4. The van der Waals surface area contributed by atoms with E-state index in [0.29, 0.717) is 5.69 Å². The normalized spacial score (nSPS) is 11.9. The van der Waals surface area contributed by atoms with Crippen LogP contribution in [0.5, 0.6) is 0 Å². The van der Waals surface area contributed by atoms with E-state index in [-0.39, 0.29) is 18.5 Å². The first-order valence-electron chi connectivity index (χ1n) is 8.61. The molecule has 134 valence electrons. The summed E-state index contributed by atoms with van der Waals surface area (Å²) in [4.78, 5) is 24.8. The zero-order chi connectivity index (χ0) is 18.4. The van der Waals surface area contributed by atoms with Crippen molar-refractivity contribution in [2.75, 3.05) is 0 Å². The van der Waals surface area contributed by atoms with Gasteiger partial charge in [0.05, 0.1) is 11.7 Å². The van der Waals surface area contributed by atoms with Crippen LogP contribution in [0.2, 0.25) is 0 Å². The Morgan fingerprint density at radius 1 is 1.04 bits per heavy atom. The number of rotatable bonds is 7. The second-order valence-electron chi connectivity index (χ2n) is 5.99. The average molecular weight is 351 g/mol. The van der Waals surface area contributed by atoms with Crippen LogP contribution < -0.4 is 11.0 Å². The highest BCUT2D eigenvalue weighted by Crippen LogP contribution is 2.17. The van der Waals surface area contributed by atoms with Gasteiger partial charge in [-0.2, -0.15) is 9.36 Å². The van der Waals surface area contributed by atoms with Crippen LogP contribution in [0.1, 0.15) is 31.4 Å². The quantitative estimate of drug-likeness (QED) is 0.707. The van der Waals surface area contributed by atoms with Crippen molar-refractivity contribution in [3.63, 3.8) is 0 Å². The summed E-state index contributed by atoms with van der Waals surface area (Å²) in [6, 6.07) is 18.7. The summed E-state index contributed by atoms with van der Waals surface area (Å²) in [7, 11) is 0. The first kappa shape index (κ1) is 17.6. The molecule has 0 saturated heterocycles. The minimum absolute atomic E-state index is 0.0893. The molecule has 1 atom stereocenters. The Bertz CT molecular complexity index is 902. The number of para-hydroxylation sites is 1. The summed E-state index contributed by atoms with van der Waals surface area (Å²) in [6.07, 6.45) is 1.76. The van der Waals surface area contributed by atoms with Crippen molar-refractivity contribution >= 4 is 5.91 Å². The van der Waals surface area contributed by atoms with Crippen molar-refractivity contribution in [1.82, 2.24) is 25.1 Å². The summed E-state index contributed by atoms with van der Waals surface area (Å²) >= 11 is 0. The van der Waals surface area contributed by atoms with Gasteiger partial charge in [0.25, 0.3) is 0 Å². The molecule has 0 aliphatic carbocycles. The molecule has 0 radical (unpaired) electrons.